The van der Waals surface area contributed by atoms with E-state index in [0.717, 1.165) is 0 Å². The van der Waals surface area contributed by atoms with Gasteiger partial charge in [0.1, 0.15) is 17.4 Å². The lowest BCUT2D eigenvalue weighted by Crippen LogP contribution is -1.99. The summed E-state index contributed by atoms with van der Waals surface area (Å²) in [5.74, 6) is -3.38. The molecule has 1 aromatic rings. The predicted octanol–water partition coefficient (Wildman–Crippen LogP) is 3.21. The minimum absolute atomic E-state index is 0.466. The second kappa shape index (κ2) is 4.26. The van der Waals surface area contributed by atoms with Crippen molar-refractivity contribution < 1.29 is 26.7 Å². The average Bonchev–Trinajstić information content (AvgIpc) is 2.01. The summed E-state index contributed by atoms with van der Waals surface area (Å²) < 4.78 is 65.2. The zero-order chi connectivity index (χ0) is 10.7. The normalized spacial score (nSPS) is 10.7. The summed E-state index contributed by atoms with van der Waals surface area (Å²) in [7, 11) is 0. The molecule has 0 radical (unpaired) electrons. The molecule has 1 nitrogen and oxygen atoms in total. The van der Waals surface area contributed by atoms with E-state index in [4.69, 9.17) is 0 Å². The van der Waals surface area contributed by atoms with E-state index in [1.54, 1.807) is 0 Å². The van der Waals surface area contributed by atoms with Gasteiger partial charge in [0.2, 0.25) is 6.86 Å². The van der Waals surface area contributed by atoms with Crippen LogP contribution >= 0.6 is 0 Å². The Hall–Kier alpha value is -1.33. The van der Waals surface area contributed by atoms with Gasteiger partial charge in [-0.15, -0.1) is 0 Å². The Morgan fingerprint density at radius 3 is 2.00 bits per heavy atom. The molecule has 6 heteroatoms. The van der Waals surface area contributed by atoms with Gasteiger partial charge in [0.25, 0.3) is 6.43 Å². The first-order valence-electron chi connectivity index (χ1n) is 3.52. The van der Waals surface area contributed by atoms with Gasteiger partial charge >= 0.3 is 0 Å². The SMILES string of the molecule is FCOc1cc(F)c(C(F)F)c(F)c1. The summed E-state index contributed by atoms with van der Waals surface area (Å²) in [5, 5.41) is 0. The van der Waals surface area contributed by atoms with Crippen LogP contribution in [-0.4, -0.2) is 6.86 Å². The fourth-order valence-corrected chi connectivity index (χ4v) is 0.916. The van der Waals surface area contributed by atoms with Gasteiger partial charge in [0.05, 0.1) is 5.56 Å². The van der Waals surface area contributed by atoms with Crippen LogP contribution in [0.4, 0.5) is 22.0 Å². The van der Waals surface area contributed by atoms with E-state index < -0.39 is 36.2 Å². The van der Waals surface area contributed by atoms with Gasteiger partial charge in [-0.1, -0.05) is 0 Å². The fourth-order valence-electron chi connectivity index (χ4n) is 0.916. The van der Waals surface area contributed by atoms with Crippen LogP contribution in [0.1, 0.15) is 12.0 Å². The first-order chi connectivity index (χ1) is 6.56. The topological polar surface area (TPSA) is 9.23 Å². The molecular formula is C8H5F5O. The smallest absolute Gasteiger partial charge is 0.269 e. The van der Waals surface area contributed by atoms with Gasteiger partial charge < -0.3 is 4.74 Å². The molecule has 0 saturated heterocycles. The molecule has 0 aromatic heterocycles. The molecule has 0 aliphatic heterocycles. The molecule has 0 spiro atoms. The number of ether oxygens (including phenoxy) is 1. The number of alkyl halides is 3. The molecule has 0 heterocycles. The van der Waals surface area contributed by atoms with E-state index >= 15 is 0 Å². The van der Waals surface area contributed by atoms with Crippen molar-refractivity contribution in [3.8, 4) is 5.75 Å². The molecular weight excluding hydrogens is 207 g/mol. The maximum absolute atomic E-state index is 12.8. The van der Waals surface area contributed by atoms with E-state index in [1.807, 2.05) is 0 Å². The van der Waals surface area contributed by atoms with Crippen LogP contribution in [0.3, 0.4) is 0 Å². The molecule has 0 fully saturated rings. The molecule has 0 unspecified atom stereocenters. The Morgan fingerprint density at radius 1 is 1.14 bits per heavy atom. The van der Waals surface area contributed by atoms with Crippen LogP contribution in [0.15, 0.2) is 12.1 Å². The Morgan fingerprint density at radius 2 is 1.64 bits per heavy atom. The summed E-state index contributed by atoms with van der Waals surface area (Å²) in [6.45, 7) is -1.28. The van der Waals surface area contributed by atoms with Crippen molar-refractivity contribution in [3.63, 3.8) is 0 Å². The Bertz CT molecular complexity index is 303. The lowest BCUT2D eigenvalue weighted by molar-refractivity contribution is 0.140. The van der Waals surface area contributed by atoms with Crippen molar-refractivity contribution in [2.75, 3.05) is 6.86 Å². The summed E-state index contributed by atoms with van der Waals surface area (Å²) in [4.78, 5) is 0. The summed E-state index contributed by atoms with van der Waals surface area (Å²) >= 11 is 0. The van der Waals surface area contributed by atoms with Gasteiger partial charge in [-0.3, -0.25) is 0 Å². The molecule has 0 saturated carbocycles. The summed E-state index contributed by atoms with van der Waals surface area (Å²) in [5.41, 5.74) is -1.34. The molecule has 0 bridgehead atoms. The predicted molar refractivity (Wildman–Crippen MR) is 37.9 cm³/mol. The minimum Gasteiger partial charge on any atom is -0.463 e. The molecule has 1 aromatic carbocycles. The second-order valence-corrected chi connectivity index (χ2v) is 2.35. The highest BCUT2D eigenvalue weighted by molar-refractivity contribution is 5.31. The van der Waals surface area contributed by atoms with Gasteiger partial charge in [0.15, 0.2) is 0 Å². The summed E-state index contributed by atoms with van der Waals surface area (Å²) in [6.07, 6.45) is -3.26. The zero-order valence-electron chi connectivity index (χ0n) is 6.74. The molecule has 14 heavy (non-hydrogen) atoms. The van der Waals surface area contributed by atoms with Crippen LogP contribution in [0.2, 0.25) is 0 Å². The minimum atomic E-state index is -3.26. The number of benzene rings is 1. The maximum atomic E-state index is 12.8. The third-order valence-electron chi connectivity index (χ3n) is 1.49. The molecule has 0 aliphatic rings. The van der Waals surface area contributed by atoms with Crippen molar-refractivity contribution in [1.29, 1.82) is 0 Å². The monoisotopic (exact) mass is 212 g/mol. The molecule has 1 rings (SSSR count). The standard InChI is InChI=1S/C8H5F5O/c9-3-14-4-1-5(10)7(8(12)13)6(11)2-4/h1-2,8H,3H2. The Kier molecular flexibility index (Phi) is 3.27. The Labute approximate surface area is 76.1 Å². The van der Waals surface area contributed by atoms with E-state index in [0.29, 0.717) is 12.1 Å². The largest absolute Gasteiger partial charge is 0.463 e. The molecule has 0 atom stereocenters. The number of hydrogen-bond acceptors (Lipinski definition) is 1. The van der Waals surface area contributed by atoms with Crippen LogP contribution in [-0.2, 0) is 0 Å². The van der Waals surface area contributed by atoms with Crippen molar-refractivity contribution in [2.45, 2.75) is 6.43 Å². The van der Waals surface area contributed by atoms with Crippen LogP contribution in [0.5, 0.6) is 5.75 Å². The van der Waals surface area contributed by atoms with Crippen molar-refractivity contribution in [2.24, 2.45) is 0 Å². The molecule has 0 amide bonds. The quantitative estimate of drug-likeness (QED) is 0.699. The first kappa shape index (κ1) is 10.7. The highest BCUT2D eigenvalue weighted by atomic mass is 19.3. The van der Waals surface area contributed by atoms with Crippen molar-refractivity contribution >= 4 is 0 Å². The Balaban J connectivity index is 3.11. The third kappa shape index (κ3) is 2.12. The van der Waals surface area contributed by atoms with Crippen LogP contribution < -0.4 is 4.74 Å². The van der Waals surface area contributed by atoms with Crippen molar-refractivity contribution in [3.05, 3.63) is 29.3 Å². The van der Waals surface area contributed by atoms with E-state index in [1.165, 1.54) is 0 Å². The lowest BCUT2D eigenvalue weighted by Gasteiger charge is -2.06. The second-order valence-electron chi connectivity index (χ2n) is 2.35. The van der Waals surface area contributed by atoms with E-state index in [-0.39, 0.29) is 0 Å². The highest BCUT2D eigenvalue weighted by Gasteiger charge is 2.20. The molecule has 0 N–H and O–H groups in total. The first-order valence-corrected chi connectivity index (χ1v) is 3.52. The highest BCUT2D eigenvalue weighted by Crippen LogP contribution is 2.28. The van der Waals surface area contributed by atoms with Crippen LogP contribution in [0.25, 0.3) is 0 Å². The van der Waals surface area contributed by atoms with Gasteiger partial charge in [-0.2, -0.15) is 0 Å². The molecule has 78 valence electrons. The molecule has 0 aliphatic carbocycles. The fraction of sp³-hybridized carbons (Fsp3) is 0.250. The maximum Gasteiger partial charge on any atom is 0.269 e. The summed E-state index contributed by atoms with van der Waals surface area (Å²) in [6, 6.07) is 1.01. The van der Waals surface area contributed by atoms with Gasteiger partial charge in [0, 0.05) is 12.1 Å². The van der Waals surface area contributed by atoms with E-state index in [9.17, 15) is 22.0 Å². The number of halogens is 5. The number of hydrogen-bond donors (Lipinski definition) is 0. The van der Waals surface area contributed by atoms with Gasteiger partial charge in [-0.05, 0) is 0 Å². The van der Waals surface area contributed by atoms with Crippen LogP contribution in [0, 0.1) is 11.6 Å². The lowest BCUT2D eigenvalue weighted by atomic mass is 10.2. The average molecular weight is 212 g/mol. The zero-order valence-corrected chi connectivity index (χ0v) is 6.74. The number of rotatable bonds is 3. The third-order valence-corrected chi connectivity index (χ3v) is 1.49. The van der Waals surface area contributed by atoms with Crippen molar-refractivity contribution in [1.82, 2.24) is 0 Å². The van der Waals surface area contributed by atoms with E-state index in [2.05, 4.69) is 4.74 Å². The van der Waals surface area contributed by atoms with Gasteiger partial charge in [-0.25, -0.2) is 22.0 Å².